The zero-order chi connectivity index (χ0) is 15.8. The molecule has 1 amide bonds. The number of benzene rings is 1. The summed E-state index contributed by atoms with van der Waals surface area (Å²) in [6, 6.07) is 13.7. The molecule has 0 saturated heterocycles. The molecule has 116 valence electrons. The second-order valence-corrected chi connectivity index (χ2v) is 5.33. The molecule has 0 aliphatic rings. The largest absolute Gasteiger partial charge is 0.366 e. The van der Waals surface area contributed by atoms with Crippen LogP contribution in [0.5, 0.6) is 0 Å². The molecule has 0 aliphatic heterocycles. The molecule has 5 nitrogen and oxygen atoms in total. The topological polar surface area (TPSA) is 57.3 Å². The number of nitrogens with one attached hydrogen (secondary N) is 2. The van der Waals surface area contributed by atoms with Crippen LogP contribution in [0, 0.1) is 0 Å². The molecule has 2 rings (SSSR count). The molecule has 1 heterocycles. The Balaban J connectivity index is 1.83. The SMILES string of the molecule is CN(C)CCNC(=O)c1ccc(NCc2ccccc2)nc1. The highest BCUT2D eigenvalue weighted by Gasteiger charge is 2.05. The fourth-order valence-corrected chi connectivity index (χ4v) is 1.92. The van der Waals surface area contributed by atoms with Gasteiger partial charge in [-0.3, -0.25) is 4.79 Å². The Kier molecular flexibility index (Phi) is 5.91. The van der Waals surface area contributed by atoms with Crippen molar-refractivity contribution in [3.05, 3.63) is 59.8 Å². The van der Waals surface area contributed by atoms with Gasteiger partial charge in [-0.2, -0.15) is 0 Å². The lowest BCUT2D eigenvalue weighted by Crippen LogP contribution is -2.31. The Morgan fingerprint density at radius 3 is 2.55 bits per heavy atom. The van der Waals surface area contributed by atoms with E-state index in [4.69, 9.17) is 0 Å². The quantitative estimate of drug-likeness (QED) is 0.821. The van der Waals surface area contributed by atoms with Gasteiger partial charge in [0.2, 0.25) is 0 Å². The number of anilines is 1. The minimum atomic E-state index is -0.0936. The van der Waals surface area contributed by atoms with Crippen molar-refractivity contribution in [2.24, 2.45) is 0 Å². The number of pyridine rings is 1. The fourth-order valence-electron chi connectivity index (χ4n) is 1.92. The average molecular weight is 298 g/mol. The molecule has 2 N–H and O–H groups in total. The summed E-state index contributed by atoms with van der Waals surface area (Å²) < 4.78 is 0. The lowest BCUT2D eigenvalue weighted by Gasteiger charge is -2.10. The monoisotopic (exact) mass is 298 g/mol. The Hall–Kier alpha value is -2.40. The van der Waals surface area contributed by atoms with E-state index in [0.717, 1.165) is 12.4 Å². The van der Waals surface area contributed by atoms with Gasteiger partial charge in [-0.25, -0.2) is 4.98 Å². The van der Waals surface area contributed by atoms with E-state index < -0.39 is 0 Å². The zero-order valence-corrected chi connectivity index (χ0v) is 13.0. The maximum atomic E-state index is 11.9. The molecule has 0 saturated carbocycles. The van der Waals surface area contributed by atoms with E-state index in [9.17, 15) is 4.79 Å². The van der Waals surface area contributed by atoms with Gasteiger partial charge in [-0.15, -0.1) is 0 Å². The van der Waals surface area contributed by atoms with E-state index in [1.54, 1.807) is 12.3 Å². The number of amides is 1. The second-order valence-electron chi connectivity index (χ2n) is 5.33. The number of hydrogen-bond donors (Lipinski definition) is 2. The summed E-state index contributed by atoms with van der Waals surface area (Å²) in [6.07, 6.45) is 1.60. The molecule has 0 bridgehead atoms. The third-order valence-electron chi connectivity index (χ3n) is 3.19. The highest BCUT2D eigenvalue weighted by Crippen LogP contribution is 2.07. The molecular weight excluding hydrogens is 276 g/mol. The molecule has 0 fully saturated rings. The number of hydrogen-bond acceptors (Lipinski definition) is 4. The number of carbonyl (C=O) groups excluding carboxylic acids is 1. The molecule has 0 atom stereocenters. The first-order chi connectivity index (χ1) is 10.6. The van der Waals surface area contributed by atoms with Crippen molar-refractivity contribution >= 4 is 11.7 Å². The number of aromatic nitrogens is 1. The van der Waals surface area contributed by atoms with Crippen molar-refractivity contribution in [2.75, 3.05) is 32.5 Å². The molecular formula is C17H22N4O. The summed E-state index contributed by atoms with van der Waals surface area (Å²) in [4.78, 5) is 18.2. The molecule has 22 heavy (non-hydrogen) atoms. The van der Waals surface area contributed by atoms with Crippen LogP contribution in [0.25, 0.3) is 0 Å². The smallest absolute Gasteiger partial charge is 0.252 e. The first-order valence-electron chi connectivity index (χ1n) is 7.32. The lowest BCUT2D eigenvalue weighted by atomic mass is 10.2. The van der Waals surface area contributed by atoms with Crippen LogP contribution < -0.4 is 10.6 Å². The molecule has 2 aromatic rings. The summed E-state index contributed by atoms with van der Waals surface area (Å²) in [5, 5.41) is 6.10. The van der Waals surface area contributed by atoms with Crippen LogP contribution in [0.2, 0.25) is 0 Å². The normalized spacial score (nSPS) is 10.5. The molecule has 5 heteroatoms. The number of rotatable bonds is 7. The van der Waals surface area contributed by atoms with E-state index in [0.29, 0.717) is 18.7 Å². The van der Waals surface area contributed by atoms with Gasteiger partial charge in [0.05, 0.1) is 5.56 Å². The first kappa shape index (κ1) is 16.0. The molecule has 0 spiro atoms. The summed E-state index contributed by atoms with van der Waals surface area (Å²) in [5.41, 5.74) is 1.76. The van der Waals surface area contributed by atoms with Crippen molar-refractivity contribution < 1.29 is 4.79 Å². The predicted octanol–water partition coefficient (Wildman–Crippen LogP) is 1.99. The maximum absolute atomic E-state index is 11.9. The summed E-state index contributed by atoms with van der Waals surface area (Å²) in [6.45, 7) is 2.15. The fraction of sp³-hybridized carbons (Fsp3) is 0.294. The lowest BCUT2D eigenvalue weighted by molar-refractivity contribution is 0.0950. The van der Waals surface area contributed by atoms with E-state index in [2.05, 4.69) is 27.8 Å². The standard InChI is InChI=1S/C17H22N4O/c1-21(2)11-10-18-17(22)15-8-9-16(20-13-15)19-12-14-6-4-3-5-7-14/h3-9,13H,10-12H2,1-2H3,(H,18,22)(H,19,20). The van der Waals surface area contributed by atoms with Crippen molar-refractivity contribution in [3.8, 4) is 0 Å². The van der Waals surface area contributed by atoms with E-state index in [1.807, 2.05) is 43.3 Å². The van der Waals surface area contributed by atoms with Crippen LogP contribution in [0.15, 0.2) is 48.7 Å². The minimum absolute atomic E-state index is 0.0936. The van der Waals surface area contributed by atoms with Crippen LogP contribution in [-0.2, 0) is 6.54 Å². The van der Waals surface area contributed by atoms with Gasteiger partial charge < -0.3 is 15.5 Å². The van der Waals surface area contributed by atoms with Crippen LogP contribution >= 0.6 is 0 Å². The Morgan fingerprint density at radius 1 is 1.14 bits per heavy atom. The van der Waals surface area contributed by atoms with Gasteiger partial charge in [-0.05, 0) is 31.8 Å². The third-order valence-corrected chi connectivity index (χ3v) is 3.19. The summed E-state index contributed by atoms with van der Waals surface area (Å²) in [7, 11) is 3.95. The highest BCUT2D eigenvalue weighted by atomic mass is 16.1. The van der Waals surface area contributed by atoms with Crippen LogP contribution in [-0.4, -0.2) is 43.0 Å². The number of nitrogens with zero attached hydrogens (tertiary/aromatic N) is 2. The Bertz CT molecular complexity index is 581. The first-order valence-corrected chi connectivity index (χ1v) is 7.32. The summed E-state index contributed by atoms with van der Waals surface area (Å²) in [5.74, 6) is 0.664. The molecule has 0 unspecified atom stereocenters. The zero-order valence-electron chi connectivity index (χ0n) is 13.0. The molecule has 0 radical (unpaired) electrons. The van der Waals surface area contributed by atoms with Crippen molar-refractivity contribution in [1.82, 2.24) is 15.2 Å². The van der Waals surface area contributed by atoms with Crippen molar-refractivity contribution in [3.63, 3.8) is 0 Å². The highest BCUT2D eigenvalue weighted by molar-refractivity contribution is 5.94. The average Bonchev–Trinajstić information content (AvgIpc) is 2.54. The Labute approximate surface area is 131 Å². The van der Waals surface area contributed by atoms with E-state index >= 15 is 0 Å². The second kappa shape index (κ2) is 8.14. The van der Waals surface area contributed by atoms with Gasteiger partial charge in [0.25, 0.3) is 5.91 Å². The summed E-state index contributed by atoms with van der Waals surface area (Å²) >= 11 is 0. The predicted molar refractivity (Wildman–Crippen MR) is 88.9 cm³/mol. The van der Waals surface area contributed by atoms with Gasteiger partial charge in [0.15, 0.2) is 0 Å². The minimum Gasteiger partial charge on any atom is -0.366 e. The molecule has 1 aromatic heterocycles. The third kappa shape index (κ3) is 5.18. The van der Waals surface area contributed by atoms with Crippen molar-refractivity contribution in [1.29, 1.82) is 0 Å². The van der Waals surface area contributed by atoms with Gasteiger partial charge in [0.1, 0.15) is 5.82 Å². The van der Waals surface area contributed by atoms with Gasteiger partial charge >= 0.3 is 0 Å². The molecule has 0 aliphatic carbocycles. The number of likely N-dealkylation sites (N-methyl/N-ethyl adjacent to an activating group) is 1. The molecule has 1 aromatic carbocycles. The van der Waals surface area contributed by atoms with Crippen LogP contribution in [0.1, 0.15) is 15.9 Å². The van der Waals surface area contributed by atoms with Crippen LogP contribution in [0.3, 0.4) is 0 Å². The van der Waals surface area contributed by atoms with E-state index in [1.165, 1.54) is 5.56 Å². The van der Waals surface area contributed by atoms with Crippen LogP contribution in [0.4, 0.5) is 5.82 Å². The Morgan fingerprint density at radius 2 is 1.91 bits per heavy atom. The van der Waals surface area contributed by atoms with Gasteiger partial charge in [-0.1, -0.05) is 30.3 Å². The van der Waals surface area contributed by atoms with Crippen molar-refractivity contribution in [2.45, 2.75) is 6.54 Å². The van der Waals surface area contributed by atoms with Gasteiger partial charge in [0, 0.05) is 25.8 Å². The van der Waals surface area contributed by atoms with E-state index in [-0.39, 0.29) is 5.91 Å². The number of carbonyl (C=O) groups is 1. The maximum Gasteiger partial charge on any atom is 0.252 e.